The van der Waals surface area contributed by atoms with Gasteiger partial charge in [-0.25, -0.2) is 8.42 Å². The molecule has 25 heavy (non-hydrogen) atoms. The van der Waals surface area contributed by atoms with Crippen molar-refractivity contribution in [1.82, 2.24) is 0 Å². The molecule has 0 bridgehead atoms. The van der Waals surface area contributed by atoms with E-state index in [1.807, 2.05) is 24.3 Å². The van der Waals surface area contributed by atoms with E-state index in [1.54, 1.807) is 0 Å². The standard InChI is InChI=1S/C20H31NO3S/c1-20(2,3)16-8-10-17(11-9-16)25(22,23)19-7-5-4-6-18(19)21-12-14-24-15-13-21/h8-11,18-19H,4-7,12-15H2,1-3H3/p+1. The molecule has 1 aromatic carbocycles. The Morgan fingerprint density at radius 2 is 1.60 bits per heavy atom. The van der Waals surface area contributed by atoms with Crippen molar-refractivity contribution in [3.8, 4) is 0 Å². The monoisotopic (exact) mass is 366 g/mol. The van der Waals surface area contributed by atoms with E-state index in [-0.39, 0.29) is 16.7 Å². The first-order chi connectivity index (χ1) is 11.8. The Morgan fingerprint density at radius 3 is 2.20 bits per heavy atom. The average Bonchev–Trinajstić information content (AvgIpc) is 2.62. The highest BCUT2D eigenvalue weighted by molar-refractivity contribution is 7.92. The van der Waals surface area contributed by atoms with Crippen LogP contribution >= 0.6 is 0 Å². The summed E-state index contributed by atoms with van der Waals surface area (Å²) in [5, 5.41) is -0.255. The lowest BCUT2D eigenvalue weighted by Crippen LogP contribution is -3.19. The lowest BCUT2D eigenvalue weighted by Gasteiger charge is -2.38. The normalized spacial score (nSPS) is 26.5. The van der Waals surface area contributed by atoms with E-state index in [4.69, 9.17) is 4.74 Å². The van der Waals surface area contributed by atoms with Crippen molar-refractivity contribution < 1.29 is 18.1 Å². The van der Waals surface area contributed by atoms with Crippen molar-refractivity contribution in [1.29, 1.82) is 0 Å². The lowest BCUT2D eigenvalue weighted by molar-refractivity contribution is -0.933. The van der Waals surface area contributed by atoms with E-state index in [9.17, 15) is 8.42 Å². The van der Waals surface area contributed by atoms with Gasteiger partial charge in [0, 0.05) is 6.42 Å². The van der Waals surface area contributed by atoms with Crippen molar-refractivity contribution in [2.24, 2.45) is 0 Å². The fraction of sp³-hybridized carbons (Fsp3) is 0.700. The third kappa shape index (κ3) is 4.09. The van der Waals surface area contributed by atoms with E-state index in [1.165, 1.54) is 10.5 Å². The molecule has 1 heterocycles. The number of morpholine rings is 1. The summed E-state index contributed by atoms with van der Waals surface area (Å²) in [5.74, 6) is 0. The molecular weight excluding hydrogens is 334 g/mol. The molecule has 1 aliphatic heterocycles. The van der Waals surface area contributed by atoms with Crippen LogP contribution in [0.5, 0.6) is 0 Å². The summed E-state index contributed by atoms with van der Waals surface area (Å²) in [7, 11) is -3.28. The molecule has 2 aliphatic rings. The van der Waals surface area contributed by atoms with Crippen LogP contribution in [-0.4, -0.2) is 46.0 Å². The maximum absolute atomic E-state index is 13.4. The van der Waals surface area contributed by atoms with Gasteiger partial charge in [-0.15, -0.1) is 0 Å². The van der Waals surface area contributed by atoms with E-state index in [0.29, 0.717) is 4.90 Å². The third-order valence-electron chi connectivity index (χ3n) is 5.81. The summed E-state index contributed by atoms with van der Waals surface area (Å²) in [6.07, 6.45) is 3.96. The zero-order valence-corrected chi connectivity index (χ0v) is 16.6. The highest BCUT2D eigenvalue weighted by atomic mass is 32.2. The Morgan fingerprint density at radius 1 is 1.00 bits per heavy atom. The number of nitrogens with one attached hydrogen (secondary N) is 1. The molecule has 1 N–H and O–H groups in total. The van der Waals surface area contributed by atoms with Crippen LogP contribution in [0.25, 0.3) is 0 Å². The van der Waals surface area contributed by atoms with Gasteiger partial charge in [-0.05, 0) is 36.0 Å². The molecule has 0 spiro atoms. The SMILES string of the molecule is CC(C)(C)c1ccc(S(=O)(=O)C2CCCCC2[NH+]2CCOCC2)cc1. The quantitative estimate of drug-likeness (QED) is 0.890. The van der Waals surface area contributed by atoms with Gasteiger partial charge in [0.25, 0.3) is 0 Å². The Hall–Kier alpha value is -0.910. The minimum absolute atomic E-state index is 0.0353. The molecule has 2 atom stereocenters. The van der Waals surface area contributed by atoms with Crippen LogP contribution in [0.4, 0.5) is 0 Å². The van der Waals surface area contributed by atoms with Gasteiger partial charge in [0.15, 0.2) is 9.84 Å². The number of rotatable bonds is 3. The van der Waals surface area contributed by atoms with Gasteiger partial charge in [-0.3, -0.25) is 0 Å². The lowest BCUT2D eigenvalue weighted by atomic mass is 9.87. The third-order valence-corrected chi connectivity index (χ3v) is 8.10. The molecule has 1 saturated carbocycles. The predicted octanol–water partition coefficient (Wildman–Crippen LogP) is 1.98. The summed E-state index contributed by atoms with van der Waals surface area (Å²) in [4.78, 5) is 1.91. The Bertz CT molecular complexity index is 670. The molecule has 140 valence electrons. The average molecular weight is 367 g/mol. The van der Waals surface area contributed by atoms with Crippen LogP contribution in [0, 0.1) is 0 Å². The summed E-state index contributed by atoms with van der Waals surface area (Å²) in [6.45, 7) is 9.80. The van der Waals surface area contributed by atoms with Gasteiger partial charge in [0.05, 0.1) is 18.1 Å². The van der Waals surface area contributed by atoms with Gasteiger partial charge in [0.1, 0.15) is 24.4 Å². The van der Waals surface area contributed by atoms with Gasteiger partial charge in [-0.1, -0.05) is 39.3 Å². The fourth-order valence-corrected chi connectivity index (χ4v) is 6.36. The summed E-state index contributed by atoms with van der Waals surface area (Å²) >= 11 is 0. The molecule has 1 aromatic rings. The van der Waals surface area contributed by atoms with Gasteiger partial charge in [-0.2, -0.15) is 0 Å². The number of sulfone groups is 1. The van der Waals surface area contributed by atoms with Crippen molar-refractivity contribution >= 4 is 9.84 Å². The molecule has 4 nitrogen and oxygen atoms in total. The van der Waals surface area contributed by atoms with Crippen LogP contribution in [0.2, 0.25) is 0 Å². The highest BCUT2D eigenvalue weighted by Gasteiger charge is 2.42. The van der Waals surface area contributed by atoms with Gasteiger partial charge in [0.2, 0.25) is 0 Å². The second-order valence-corrected chi connectivity index (χ2v) is 10.7. The molecule has 1 saturated heterocycles. The summed E-state index contributed by atoms with van der Waals surface area (Å²) in [5.41, 5.74) is 1.21. The van der Waals surface area contributed by atoms with Crippen LogP contribution in [-0.2, 0) is 20.0 Å². The molecule has 2 unspecified atom stereocenters. The molecular formula is C20H32NO3S+. The van der Waals surface area contributed by atoms with Crippen LogP contribution in [0.1, 0.15) is 52.0 Å². The maximum Gasteiger partial charge on any atom is 0.187 e. The van der Waals surface area contributed by atoms with E-state index in [2.05, 4.69) is 20.8 Å². The molecule has 3 rings (SSSR count). The first kappa shape index (κ1) is 18.9. The molecule has 5 heteroatoms. The fourth-order valence-electron chi connectivity index (χ4n) is 4.26. The molecule has 0 amide bonds. The maximum atomic E-state index is 13.4. The summed E-state index contributed by atoms with van der Waals surface area (Å²) in [6, 6.07) is 7.80. The first-order valence-electron chi connectivity index (χ1n) is 9.57. The Kier molecular flexibility index (Phi) is 5.57. The first-order valence-corrected chi connectivity index (χ1v) is 11.1. The number of ether oxygens (including phenoxy) is 1. The Balaban J connectivity index is 1.86. The topological polar surface area (TPSA) is 47.8 Å². The predicted molar refractivity (Wildman–Crippen MR) is 99.9 cm³/mol. The number of benzene rings is 1. The smallest absolute Gasteiger partial charge is 0.187 e. The van der Waals surface area contributed by atoms with Crippen LogP contribution in [0.3, 0.4) is 0 Å². The van der Waals surface area contributed by atoms with Crippen molar-refractivity contribution in [2.45, 2.75) is 68.1 Å². The molecule has 1 aliphatic carbocycles. The zero-order valence-electron chi connectivity index (χ0n) is 15.8. The largest absolute Gasteiger partial charge is 0.370 e. The molecule has 0 aromatic heterocycles. The number of hydrogen-bond acceptors (Lipinski definition) is 3. The molecule has 0 radical (unpaired) electrons. The van der Waals surface area contributed by atoms with Crippen molar-refractivity contribution in [3.63, 3.8) is 0 Å². The van der Waals surface area contributed by atoms with Crippen molar-refractivity contribution in [2.75, 3.05) is 26.3 Å². The minimum atomic E-state index is -3.28. The number of quaternary nitrogens is 1. The zero-order chi connectivity index (χ0) is 18.1. The Labute approximate surface area is 152 Å². The van der Waals surface area contributed by atoms with E-state index >= 15 is 0 Å². The second-order valence-electron chi connectivity index (χ2n) is 8.52. The summed E-state index contributed by atoms with van der Waals surface area (Å²) < 4.78 is 32.2. The minimum Gasteiger partial charge on any atom is -0.370 e. The van der Waals surface area contributed by atoms with E-state index in [0.717, 1.165) is 52.0 Å². The second kappa shape index (κ2) is 7.37. The van der Waals surface area contributed by atoms with Gasteiger partial charge >= 0.3 is 0 Å². The van der Waals surface area contributed by atoms with E-state index < -0.39 is 9.84 Å². The highest BCUT2D eigenvalue weighted by Crippen LogP contribution is 2.30. The number of hydrogen-bond donors (Lipinski definition) is 1. The molecule has 2 fully saturated rings. The van der Waals surface area contributed by atoms with Crippen molar-refractivity contribution in [3.05, 3.63) is 29.8 Å². The van der Waals surface area contributed by atoms with Crippen LogP contribution < -0.4 is 4.90 Å². The van der Waals surface area contributed by atoms with Gasteiger partial charge < -0.3 is 9.64 Å². The van der Waals surface area contributed by atoms with Crippen LogP contribution in [0.15, 0.2) is 29.2 Å².